The van der Waals surface area contributed by atoms with Crippen LogP contribution in [0.5, 0.6) is 5.75 Å². The molecule has 4 atom stereocenters. The molecule has 158 valence electrons. The second-order valence-electron chi connectivity index (χ2n) is 8.05. The lowest BCUT2D eigenvalue weighted by molar-refractivity contribution is 0.113. The summed E-state index contributed by atoms with van der Waals surface area (Å²) in [4.78, 5) is 13.9. The summed E-state index contributed by atoms with van der Waals surface area (Å²) in [5, 5.41) is 25.1. The van der Waals surface area contributed by atoms with Crippen molar-refractivity contribution in [2.24, 2.45) is 0 Å². The van der Waals surface area contributed by atoms with Crippen molar-refractivity contribution in [3.05, 3.63) is 48.7 Å². The minimum absolute atomic E-state index is 0.199. The first kappa shape index (κ1) is 20.8. The Kier molecular flexibility index (Phi) is 5.81. The summed E-state index contributed by atoms with van der Waals surface area (Å²) in [6.45, 7) is 5.65. The van der Waals surface area contributed by atoms with E-state index in [0.29, 0.717) is 23.6 Å². The molecule has 2 aromatic heterocycles. The summed E-state index contributed by atoms with van der Waals surface area (Å²) in [6.07, 6.45) is 4.00. The predicted molar refractivity (Wildman–Crippen MR) is 118 cm³/mol. The molecule has 0 fully saturated rings. The number of benzene rings is 1. The zero-order valence-electron chi connectivity index (χ0n) is 17.2. The van der Waals surface area contributed by atoms with Crippen LogP contribution in [-0.2, 0) is 5.41 Å². The molecule has 0 saturated heterocycles. The van der Waals surface area contributed by atoms with E-state index in [1.165, 1.54) is 6.33 Å². The van der Waals surface area contributed by atoms with Crippen LogP contribution in [0.15, 0.2) is 47.9 Å². The number of rotatable bonds is 7. The summed E-state index contributed by atoms with van der Waals surface area (Å²) in [6, 6.07) is 7.65. The van der Waals surface area contributed by atoms with Crippen molar-refractivity contribution in [1.82, 2.24) is 15.0 Å². The van der Waals surface area contributed by atoms with Gasteiger partial charge in [-0.05, 0) is 32.9 Å². The third-order valence-corrected chi connectivity index (χ3v) is 6.70. The number of fused-ring (bicyclic) bond motifs is 2. The van der Waals surface area contributed by atoms with Gasteiger partial charge in [0.1, 0.15) is 18.3 Å². The molecule has 0 spiro atoms. The fourth-order valence-electron chi connectivity index (χ4n) is 3.72. The SMILES string of the molecule is CC(O)CC(C)Oc1cc2ncccc2cc1NC(O)C1(C)CSc2cncnc21. The monoisotopic (exact) mass is 426 g/mol. The summed E-state index contributed by atoms with van der Waals surface area (Å²) < 4.78 is 6.13. The maximum Gasteiger partial charge on any atom is 0.145 e. The minimum atomic E-state index is -0.885. The van der Waals surface area contributed by atoms with Crippen molar-refractivity contribution in [1.29, 1.82) is 0 Å². The van der Waals surface area contributed by atoms with E-state index in [9.17, 15) is 10.2 Å². The third kappa shape index (κ3) is 4.08. The van der Waals surface area contributed by atoms with Crippen molar-refractivity contribution >= 4 is 28.4 Å². The van der Waals surface area contributed by atoms with Crippen LogP contribution in [0.3, 0.4) is 0 Å². The molecule has 1 aliphatic rings. The summed E-state index contributed by atoms with van der Waals surface area (Å²) in [7, 11) is 0. The Hall–Kier alpha value is -2.42. The van der Waals surface area contributed by atoms with Gasteiger partial charge < -0.3 is 20.3 Å². The van der Waals surface area contributed by atoms with E-state index < -0.39 is 17.7 Å². The highest BCUT2D eigenvalue weighted by molar-refractivity contribution is 7.99. The van der Waals surface area contributed by atoms with Gasteiger partial charge in [0.15, 0.2) is 0 Å². The van der Waals surface area contributed by atoms with Crippen LogP contribution < -0.4 is 10.1 Å². The predicted octanol–water partition coefficient (Wildman–Crippen LogP) is 3.36. The van der Waals surface area contributed by atoms with Crippen LogP contribution in [0, 0.1) is 0 Å². The maximum atomic E-state index is 11.2. The minimum Gasteiger partial charge on any atom is -0.488 e. The first-order valence-corrected chi connectivity index (χ1v) is 11.0. The van der Waals surface area contributed by atoms with Crippen LogP contribution in [0.4, 0.5) is 5.69 Å². The lowest BCUT2D eigenvalue weighted by Crippen LogP contribution is -2.43. The number of hydrogen-bond donors (Lipinski definition) is 3. The number of hydrogen-bond acceptors (Lipinski definition) is 8. The zero-order valence-corrected chi connectivity index (χ0v) is 18.1. The zero-order chi connectivity index (χ0) is 21.3. The number of thioether (sulfide) groups is 1. The molecule has 0 aliphatic carbocycles. The molecule has 0 amide bonds. The maximum absolute atomic E-state index is 11.2. The van der Waals surface area contributed by atoms with Crippen LogP contribution in [0.2, 0.25) is 0 Å². The molecule has 3 N–H and O–H groups in total. The van der Waals surface area contributed by atoms with Crippen molar-refractivity contribution in [3.8, 4) is 5.75 Å². The molecule has 1 aliphatic heterocycles. The molecule has 4 rings (SSSR count). The number of aromatic nitrogens is 3. The smallest absolute Gasteiger partial charge is 0.145 e. The first-order valence-electron chi connectivity index (χ1n) is 9.98. The normalized spacial score (nSPS) is 21.1. The van der Waals surface area contributed by atoms with Gasteiger partial charge >= 0.3 is 0 Å². The third-order valence-electron chi connectivity index (χ3n) is 5.35. The van der Waals surface area contributed by atoms with E-state index in [1.54, 1.807) is 31.1 Å². The van der Waals surface area contributed by atoms with Crippen molar-refractivity contribution in [2.75, 3.05) is 11.1 Å². The molecule has 30 heavy (non-hydrogen) atoms. The molecule has 4 unspecified atom stereocenters. The summed E-state index contributed by atoms with van der Waals surface area (Å²) >= 11 is 1.64. The summed E-state index contributed by atoms with van der Waals surface area (Å²) in [5.41, 5.74) is 1.75. The fraction of sp³-hybridized carbons (Fsp3) is 0.409. The quantitative estimate of drug-likeness (QED) is 0.495. The van der Waals surface area contributed by atoms with Gasteiger partial charge in [0.05, 0.1) is 34.5 Å². The Morgan fingerprint density at radius 3 is 2.90 bits per heavy atom. The molecule has 7 nitrogen and oxygen atoms in total. The molecular formula is C22H26N4O3S. The second kappa shape index (κ2) is 8.37. The average Bonchev–Trinajstić information content (AvgIpc) is 3.06. The van der Waals surface area contributed by atoms with E-state index in [0.717, 1.165) is 21.5 Å². The van der Waals surface area contributed by atoms with Gasteiger partial charge in [-0.2, -0.15) is 0 Å². The number of ether oxygens (including phenoxy) is 1. The lowest BCUT2D eigenvalue weighted by atomic mass is 9.86. The Labute approximate surface area is 179 Å². The number of aliphatic hydroxyl groups is 2. The molecule has 8 heteroatoms. The van der Waals surface area contributed by atoms with Gasteiger partial charge in [0, 0.05) is 40.9 Å². The fourth-order valence-corrected chi connectivity index (χ4v) is 5.03. The Morgan fingerprint density at radius 1 is 1.27 bits per heavy atom. The molecule has 0 bridgehead atoms. The second-order valence-corrected chi connectivity index (χ2v) is 9.06. The van der Waals surface area contributed by atoms with E-state index >= 15 is 0 Å². The topological polar surface area (TPSA) is 100 Å². The highest BCUT2D eigenvalue weighted by atomic mass is 32.2. The van der Waals surface area contributed by atoms with Crippen LogP contribution in [-0.4, -0.2) is 49.4 Å². The number of nitrogens with one attached hydrogen (secondary N) is 1. The van der Waals surface area contributed by atoms with Gasteiger partial charge in [-0.25, -0.2) is 9.97 Å². The van der Waals surface area contributed by atoms with Crippen molar-refractivity contribution in [2.45, 2.75) is 55.9 Å². The van der Waals surface area contributed by atoms with Crippen molar-refractivity contribution < 1.29 is 14.9 Å². The molecule has 0 saturated carbocycles. The standard InChI is InChI=1S/C22H26N4O3S/c1-13(27)7-14(2)29-18-9-16-15(5-4-6-24-16)8-17(18)26-21(28)22(3)11-30-19-10-23-12-25-20(19)22/h4-6,8-10,12-14,21,26-28H,7,11H2,1-3H3. The van der Waals surface area contributed by atoms with Gasteiger partial charge in [0.25, 0.3) is 0 Å². The highest BCUT2D eigenvalue weighted by Crippen LogP contribution is 2.45. The van der Waals surface area contributed by atoms with Gasteiger partial charge in [-0.3, -0.25) is 4.98 Å². The van der Waals surface area contributed by atoms with E-state index in [-0.39, 0.29) is 6.10 Å². The Morgan fingerprint density at radius 2 is 2.10 bits per heavy atom. The molecule has 1 aromatic carbocycles. The summed E-state index contributed by atoms with van der Waals surface area (Å²) in [5.74, 6) is 1.28. The van der Waals surface area contributed by atoms with E-state index in [4.69, 9.17) is 4.74 Å². The van der Waals surface area contributed by atoms with Crippen molar-refractivity contribution in [3.63, 3.8) is 0 Å². The Bertz CT molecular complexity index is 1050. The number of anilines is 1. The van der Waals surface area contributed by atoms with E-state index in [2.05, 4.69) is 20.3 Å². The molecular weight excluding hydrogens is 400 g/mol. The number of pyridine rings is 1. The number of nitrogens with zero attached hydrogens (tertiary/aromatic N) is 3. The van der Waals surface area contributed by atoms with Crippen LogP contribution in [0.1, 0.15) is 32.9 Å². The van der Waals surface area contributed by atoms with Gasteiger partial charge in [-0.1, -0.05) is 6.07 Å². The van der Waals surface area contributed by atoms with Crippen LogP contribution in [0.25, 0.3) is 10.9 Å². The van der Waals surface area contributed by atoms with E-state index in [1.807, 2.05) is 38.1 Å². The van der Waals surface area contributed by atoms with Crippen LogP contribution >= 0.6 is 11.8 Å². The van der Waals surface area contributed by atoms with Gasteiger partial charge in [0.2, 0.25) is 0 Å². The highest BCUT2D eigenvalue weighted by Gasteiger charge is 2.43. The first-order chi connectivity index (χ1) is 14.4. The Balaban J connectivity index is 1.66. The number of aliphatic hydroxyl groups excluding tert-OH is 2. The lowest BCUT2D eigenvalue weighted by Gasteiger charge is -2.31. The van der Waals surface area contributed by atoms with Gasteiger partial charge in [-0.15, -0.1) is 11.8 Å². The molecule has 3 aromatic rings. The molecule has 0 radical (unpaired) electrons. The largest absolute Gasteiger partial charge is 0.488 e. The molecule has 3 heterocycles. The average molecular weight is 427 g/mol.